The van der Waals surface area contributed by atoms with Crippen LogP contribution in [-0.4, -0.2) is 4.98 Å². The SMILES string of the molecule is Cc1cc(-c2cscn2)cc(C)c1C. The summed E-state index contributed by atoms with van der Waals surface area (Å²) in [5.41, 5.74) is 8.25. The normalized spacial score (nSPS) is 10.5. The Morgan fingerprint density at radius 3 is 2.21 bits per heavy atom. The molecular weight excluding hydrogens is 190 g/mol. The van der Waals surface area contributed by atoms with Crippen molar-refractivity contribution in [3.05, 3.63) is 39.7 Å². The molecule has 0 saturated carbocycles. The minimum Gasteiger partial charge on any atom is -0.245 e. The van der Waals surface area contributed by atoms with Crippen LogP contribution in [0.3, 0.4) is 0 Å². The van der Waals surface area contributed by atoms with Gasteiger partial charge in [0.2, 0.25) is 0 Å². The van der Waals surface area contributed by atoms with Crippen LogP contribution in [-0.2, 0) is 0 Å². The largest absolute Gasteiger partial charge is 0.245 e. The number of hydrogen-bond donors (Lipinski definition) is 0. The predicted molar refractivity (Wildman–Crippen MR) is 61.8 cm³/mol. The number of aryl methyl sites for hydroxylation is 2. The number of thiazole rings is 1. The van der Waals surface area contributed by atoms with E-state index in [0.717, 1.165) is 5.69 Å². The van der Waals surface area contributed by atoms with E-state index in [4.69, 9.17) is 0 Å². The Balaban J connectivity index is 2.57. The van der Waals surface area contributed by atoms with Gasteiger partial charge in [0.05, 0.1) is 11.2 Å². The number of rotatable bonds is 1. The summed E-state index contributed by atoms with van der Waals surface area (Å²) in [5, 5.41) is 2.09. The highest BCUT2D eigenvalue weighted by atomic mass is 32.1. The summed E-state index contributed by atoms with van der Waals surface area (Å²) >= 11 is 1.64. The Morgan fingerprint density at radius 2 is 1.71 bits per heavy atom. The summed E-state index contributed by atoms with van der Waals surface area (Å²) in [7, 11) is 0. The molecule has 0 saturated heterocycles. The van der Waals surface area contributed by atoms with Crippen LogP contribution in [0.25, 0.3) is 11.3 Å². The Morgan fingerprint density at radius 1 is 1.07 bits per heavy atom. The van der Waals surface area contributed by atoms with Crippen molar-refractivity contribution in [1.29, 1.82) is 0 Å². The van der Waals surface area contributed by atoms with Gasteiger partial charge in [-0.2, -0.15) is 0 Å². The molecule has 0 aliphatic rings. The summed E-state index contributed by atoms with van der Waals surface area (Å²) in [4.78, 5) is 4.32. The number of hydrogen-bond acceptors (Lipinski definition) is 2. The Bertz CT molecular complexity index is 420. The maximum Gasteiger partial charge on any atom is 0.0811 e. The standard InChI is InChI=1S/C12H13NS/c1-8-4-11(5-9(2)10(8)3)12-6-14-7-13-12/h4-7H,1-3H3. The Labute approximate surface area is 88.4 Å². The van der Waals surface area contributed by atoms with Crippen molar-refractivity contribution in [3.8, 4) is 11.3 Å². The zero-order valence-corrected chi connectivity index (χ0v) is 9.48. The van der Waals surface area contributed by atoms with Gasteiger partial charge in [0.1, 0.15) is 0 Å². The van der Waals surface area contributed by atoms with Gasteiger partial charge in [0, 0.05) is 10.9 Å². The Kier molecular flexibility index (Phi) is 2.38. The first-order chi connectivity index (χ1) is 6.68. The third-order valence-electron chi connectivity index (χ3n) is 2.66. The van der Waals surface area contributed by atoms with E-state index in [9.17, 15) is 0 Å². The molecule has 0 bridgehead atoms. The first-order valence-electron chi connectivity index (χ1n) is 4.65. The van der Waals surface area contributed by atoms with E-state index in [-0.39, 0.29) is 0 Å². The molecule has 0 N–H and O–H groups in total. The third-order valence-corrected chi connectivity index (χ3v) is 3.24. The molecule has 2 heteroatoms. The van der Waals surface area contributed by atoms with Crippen LogP contribution >= 0.6 is 11.3 Å². The van der Waals surface area contributed by atoms with Crippen molar-refractivity contribution in [1.82, 2.24) is 4.98 Å². The van der Waals surface area contributed by atoms with E-state index in [0.29, 0.717) is 0 Å². The van der Waals surface area contributed by atoms with Gasteiger partial charge in [-0.25, -0.2) is 4.98 Å². The molecule has 0 aliphatic heterocycles. The fourth-order valence-corrected chi connectivity index (χ4v) is 2.10. The predicted octanol–water partition coefficient (Wildman–Crippen LogP) is 3.74. The second-order valence-electron chi connectivity index (χ2n) is 3.61. The van der Waals surface area contributed by atoms with Gasteiger partial charge in [0.25, 0.3) is 0 Å². The van der Waals surface area contributed by atoms with E-state index in [2.05, 4.69) is 43.3 Å². The van der Waals surface area contributed by atoms with Gasteiger partial charge in [-0.3, -0.25) is 0 Å². The van der Waals surface area contributed by atoms with E-state index >= 15 is 0 Å². The van der Waals surface area contributed by atoms with Crippen LogP contribution in [0.15, 0.2) is 23.0 Å². The zero-order valence-electron chi connectivity index (χ0n) is 8.66. The van der Waals surface area contributed by atoms with Crippen molar-refractivity contribution >= 4 is 11.3 Å². The van der Waals surface area contributed by atoms with E-state index in [1.807, 2.05) is 5.51 Å². The fourth-order valence-electron chi connectivity index (χ4n) is 1.54. The lowest BCUT2D eigenvalue weighted by atomic mass is 9.99. The molecule has 1 aromatic carbocycles. The van der Waals surface area contributed by atoms with Crippen molar-refractivity contribution in [2.24, 2.45) is 0 Å². The van der Waals surface area contributed by atoms with Gasteiger partial charge < -0.3 is 0 Å². The molecule has 0 amide bonds. The maximum atomic E-state index is 4.32. The first-order valence-corrected chi connectivity index (χ1v) is 5.59. The second-order valence-corrected chi connectivity index (χ2v) is 4.33. The molecule has 0 spiro atoms. The third kappa shape index (κ3) is 1.58. The lowest BCUT2D eigenvalue weighted by molar-refractivity contribution is 1.26. The van der Waals surface area contributed by atoms with Crippen LogP contribution in [0, 0.1) is 20.8 Å². The fraction of sp³-hybridized carbons (Fsp3) is 0.250. The van der Waals surface area contributed by atoms with E-state index in [1.165, 1.54) is 22.3 Å². The van der Waals surface area contributed by atoms with Crippen molar-refractivity contribution in [3.63, 3.8) is 0 Å². The molecule has 0 atom stereocenters. The Hall–Kier alpha value is -1.15. The molecule has 0 radical (unpaired) electrons. The molecule has 2 aromatic rings. The van der Waals surface area contributed by atoms with Gasteiger partial charge in [-0.15, -0.1) is 11.3 Å². The summed E-state index contributed by atoms with van der Waals surface area (Å²) in [6, 6.07) is 4.41. The van der Waals surface area contributed by atoms with Crippen LogP contribution in [0.5, 0.6) is 0 Å². The molecule has 0 fully saturated rings. The zero-order chi connectivity index (χ0) is 10.1. The number of nitrogens with zero attached hydrogens (tertiary/aromatic N) is 1. The number of aromatic nitrogens is 1. The maximum absolute atomic E-state index is 4.32. The first kappa shape index (κ1) is 9.41. The van der Waals surface area contributed by atoms with E-state index < -0.39 is 0 Å². The van der Waals surface area contributed by atoms with Crippen molar-refractivity contribution < 1.29 is 0 Å². The highest BCUT2D eigenvalue weighted by Crippen LogP contribution is 2.24. The molecule has 14 heavy (non-hydrogen) atoms. The summed E-state index contributed by atoms with van der Waals surface area (Å²) in [5.74, 6) is 0. The summed E-state index contributed by atoms with van der Waals surface area (Å²) in [6.45, 7) is 6.46. The molecule has 2 rings (SSSR count). The second kappa shape index (κ2) is 3.54. The molecule has 0 aliphatic carbocycles. The lowest BCUT2D eigenvalue weighted by Crippen LogP contribution is -1.88. The van der Waals surface area contributed by atoms with Crippen LogP contribution in [0.1, 0.15) is 16.7 Å². The smallest absolute Gasteiger partial charge is 0.0811 e. The highest BCUT2D eigenvalue weighted by Gasteiger charge is 2.04. The van der Waals surface area contributed by atoms with Gasteiger partial charge >= 0.3 is 0 Å². The molecule has 0 unspecified atom stereocenters. The minimum absolute atomic E-state index is 1.08. The monoisotopic (exact) mass is 203 g/mol. The number of benzene rings is 1. The van der Waals surface area contributed by atoms with Gasteiger partial charge in [-0.05, 0) is 49.6 Å². The van der Waals surface area contributed by atoms with Crippen LogP contribution < -0.4 is 0 Å². The molecule has 72 valence electrons. The average Bonchev–Trinajstić information content (AvgIpc) is 2.66. The average molecular weight is 203 g/mol. The van der Waals surface area contributed by atoms with Crippen LogP contribution in [0.2, 0.25) is 0 Å². The summed E-state index contributed by atoms with van der Waals surface area (Å²) in [6.07, 6.45) is 0. The van der Waals surface area contributed by atoms with Gasteiger partial charge in [0.15, 0.2) is 0 Å². The van der Waals surface area contributed by atoms with Crippen LogP contribution in [0.4, 0.5) is 0 Å². The lowest BCUT2D eigenvalue weighted by Gasteiger charge is -2.07. The molecule has 1 nitrogen and oxygen atoms in total. The van der Waals surface area contributed by atoms with Crippen molar-refractivity contribution in [2.75, 3.05) is 0 Å². The molecule has 1 heterocycles. The molecular formula is C12H13NS. The summed E-state index contributed by atoms with van der Waals surface area (Å²) < 4.78 is 0. The highest BCUT2D eigenvalue weighted by molar-refractivity contribution is 7.07. The van der Waals surface area contributed by atoms with E-state index in [1.54, 1.807) is 11.3 Å². The molecule has 1 aromatic heterocycles. The minimum atomic E-state index is 1.08. The van der Waals surface area contributed by atoms with Crippen molar-refractivity contribution in [2.45, 2.75) is 20.8 Å². The van der Waals surface area contributed by atoms with Gasteiger partial charge in [-0.1, -0.05) is 0 Å². The quantitative estimate of drug-likeness (QED) is 0.688. The topological polar surface area (TPSA) is 12.9 Å².